The number of rotatable bonds is 9. The van der Waals surface area contributed by atoms with Crippen LogP contribution in [0.25, 0.3) is 0 Å². The summed E-state index contributed by atoms with van der Waals surface area (Å²) in [6.45, 7) is 8.28. The highest BCUT2D eigenvalue weighted by Crippen LogP contribution is 2.37. The highest BCUT2D eigenvalue weighted by atomic mass is 79.9. The zero-order valence-electron chi connectivity index (χ0n) is 12.4. The zero-order chi connectivity index (χ0) is 15.0. The van der Waals surface area contributed by atoms with Crippen molar-refractivity contribution in [1.82, 2.24) is 5.32 Å². The Kier molecular flexibility index (Phi) is 7.95. The number of aliphatic hydroxyl groups is 1. The van der Waals surface area contributed by atoms with Crippen molar-refractivity contribution in [1.29, 1.82) is 0 Å². The van der Waals surface area contributed by atoms with Crippen LogP contribution in [0.15, 0.2) is 16.6 Å². The van der Waals surface area contributed by atoms with Gasteiger partial charge in [-0.15, -0.1) is 0 Å². The van der Waals surface area contributed by atoms with Gasteiger partial charge in [-0.2, -0.15) is 0 Å². The summed E-state index contributed by atoms with van der Waals surface area (Å²) in [4.78, 5) is 0. The van der Waals surface area contributed by atoms with E-state index in [1.54, 1.807) is 0 Å². The van der Waals surface area contributed by atoms with Crippen LogP contribution in [0.2, 0.25) is 0 Å². The van der Waals surface area contributed by atoms with Gasteiger partial charge in [-0.05, 0) is 67.4 Å². The van der Waals surface area contributed by atoms with E-state index in [0.717, 1.165) is 41.0 Å². The van der Waals surface area contributed by atoms with Crippen molar-refractivity contribution in [3.05, 3.63) is 22.2 Å². The van der Waals surface area contributed by atoms with Crippen molar-refractivity contribution in [2.24, 2.45) is 0 Å². The molecule has 0 aromatic heterocycles. The van der Waals surface area contributed by atoms with Crippen LogP contribution in [-0.4, -0.2) is 31.0 Å². The molecule has 20 heavy (non-hydrogen) atoms. The largest absolute Gasteiger partial charge is 0.490 e. The maximum absolute atomic E-state index is 8.76. The maximum atomic E-state index is 8.76. The number of benzene rings is 1. The lowest BCUT2D eigenvalue weighted by atomic mass is 10.2. The Morgan fingerprint density at radius 2 is 2.10 bits per heavy atom. The first-order chi connectivity index (χ1) is 9.58. The molecule has 114 valence electrons. The Labute approximate surface area is 129 Å². The summed E-state index contributed by atoms with van der Waals surface area (Å²) in [6, 6.07) is 4.03. The molecule has 0 aliphatic rings. The van der Waals surface area contributed by atoms with Gasteiger partial charge in [0.05, 0.1) is 17.2 Å². The van der Waals surface area contributed by atoms with Gasteiger partial charge in [0.1, 0.15) is 0 Å². The van der Waals surface area contributed by atoms with Gasteiger partial charge in [0.2, 0.25) is 0 Å². The van der Waals surface area contributed by atoms with Gasteiger partial charge in [0.15, 0.2) is 11.5 Å². The standard InChI is InChI=1S/C15H24BrNO3/c1-4-19-14-9-12(10-17-6-5-7-18)8-13(16)15(14)20-11(2)3/h8-9,11,17-18H,4-7,10H2,1-3H3. The van der Waals surface area contributed by atoms with E-state index in [-0.39, 0.29) is 12.7 Å². The van der Waals surface area contributed by atoms with E-state index in [2.05, 4.69) is 21.2 Å². The molecule has 0 unspecified atom stereocenters. The molecule has 4 nitrogen and oxygen atoms in total. The predicted octanol–water partition coefficient (Wildman–Crippen LogP) is 3.11. The van der Waals surface area contributed by atoms with Crippen LogP contribution in [0, 0.1) is 0 Å². The maximum Gasteiger partial charge on any atom is 0.175 e. The fourth-order valence-corrected chi connectivity index (χ4v) is 2.36. The second-order valence-electron chi connectivity index (χ2n) is 4.76. The number of aliphatic hydroxyl groups excluding tert-OH is 1. The number of hydrogen-bond acceptors (Lipinski definition) is 4. The van der Waals surface area contributed by atoms with Gasteiger partial charge in [0.25, 0.3) is 0 Å². The summed E-state index contributed by atoms with van der Waals surface area (Å²) in [5, 5.41) is 12.0. The SMILES string of the molecule is CCOc1cc(CNCCCO)cc(Br)c1OC(C)C. The normalized spacial score (nSPS) is 10.9. The van der Waals surface area contributed by atoms with Gasteiger partial charge in [-0.25, -0.2) is 0 Å². The van der Waals surface area contributed by atoms with Gasteiger partial charge < -0.3 is 19.9 Å². The topological polar surface area (TPSA) is 50.7 Å². The first-order valence-electron chi connectivity index (χ1n) is 7.02. The van der Waals surface area contributed by atoms with Crippen LogP contribution in [0.4, 0.5) is 0 Å². The minimum atomic E-state index is 0.0963. The fraction of sp³-hybridized carbons (Fsp3) is 0.600. The molecule has 0 saturated heterocycles. The number of hydrogen-bond donors (Lipinski definition) is 2. The predicted molar refractivity (Wildman–Crippen MR) is 84.5 cm³/mol. The molecule has 0 aliphatic carbocycles. The van der Waals surface area contributed by atoms with Crippen molar-refractivity contribution in [2.75, 3.05) is 19.8 Å². The molecular formula is C15H24BrNO3. The molecule has 0 saturated carbocycles. The van der Waals surface area contributed by atoms with Crippen LogP contribution in [-0.2, 0) is 6.54 Å². The first kappa shape index (κ1) is 17.3. The molecule has 2 N–H and O–H groups in total. The third-order valence-electron chi connectivity index (χ3n) is 2.56. The van der Waals surface area contributed by atoms with E-state index >= 15 is 0 Å². The van der Waals surface area contributed by atoms with E-state index in [4.69, 9.17) is 14.6 Å². The lowest BCUT2D eigenvalue weighted by Gasteiger charge is -2.17. The average molecular weight is 346 g/mol. The summed E-state index contributed by atoms with van der Waals surface area (Å²) in [7, 11) is 0. The Hall–Kier alpha value is -0.780. The van der Waals surface area contributed by atoms with E-state index < -0.39 is 0 Å². The highest BCUT2D eigenvalue weighted by Gasteiger charge is 2.13. The summed E-state index contributed by atoms with van der Waals surface area (Å²) < 4.78 is 12.4. The molecular weight excluding hydrogens is 322 g/mol. The molecule has 0 radical (unpaired) electrons. The third-order valence-corrected chi connectivity index (χ3v) is 3.15. The summed E-state index contributed by atoms with van der Waals surface area (Å²) in [6.07, 6.45) is 0.854. The van der Waals surface area contributed by atoms with E-state index in [9.17, 15) is 0 Å². The zero-order valence-corrected chi connectivity index (χ0v) is 14.0. The number of ether oxygens (including phenoxy) is 2. The van der Waals surface area contributed by atoms with Crippen molar-refractivity contribution < 1.29 is 14.6 Å². The molecule has 0 spiro atoms. The molecule has 1 rings (SSSR count). The second kappa shape index (κ2) is 9.21. The van der Waals surface area contributed by atoms with Crippen molar-refractivity contribution >= 4 is 15.9 Å². The first-order valence-corrected chi connectivity index (χ1v) is 7.81. The summed E-state index contributed by atoms with van der Waals surface area (Å²) in [5.41, 5.74) is 1.12. The van der Waals surface area contributed by atoms with Crippen LogP contribution in [0.1, 0.15) is 32.8 Å². The molecule has 0 aliphatic heterocycles. The van der Waals surface area contributed by atoms with Crippen molar-refractivity contribution in [3.63, 3.8) is 0 Å². The van der Waals surface area contributed by atoms with Gasteiger partial charge in [-0.3, -0.25) is 0 Å². The highest BCUT2D eigenvalue weighted by molar-refractivity contribution is 9.10. The number of halogens is 1. The summed E-state index contributed by atoms with van der Waals surface area (Å²) >= 11 is 3.55. The molecule has 1 aromatic carbocycles. The molecule has 0 heterocycles. The lowest BCUT2D eigenvalue weighted by molar-refractivity contribution is 0.222. The van der Waals surface area contributed by atoms with Crippen LogP contribution < -0.4 is 14.8 Å². The van der Waals surface area contributed by atoms with Gasteiger partial charge >= 0.3 is 0 Å². The number of nitrogens with one attached hydrogen (secondary N) is 1. The third kappa shape index (κ3) is 5.69. The van der Waals surface area contributed by atoms with Crippen LogP contribution >= 0.6 is 15.9 Å². The lowest BCUT2D eigenvalue weighted by Crippen LogP contribution is -2.16. The Morgan fingerprint density at radius 3 is 2.70 bits per heavy atom. The second-order valence-corrected chi connectivity index (χ2v) is 5.61. The molecule has 1 aromatic rings. The minimum Gasteiger partial charge on any atom is -0.490 e. The monoisotopic (exact) mass is 345 g/mol. The van der Waals surface area contributed by atoms with Gasteiger partial charge in [-0.1, -0.05) is 0 Å². The molecule has 0 bridgehead atoms. The average Bonchev–Trinajstić information content (AvgIpc) is 2.39. The van der Waals surface area contributed by atoms with Gasteiger partial charge in [0, 0.05) is 13.2 Å². The molecule has 0 atom stereocenters. The Balaban J connectivity index is 2.83. The minimum absolute atomic E-state index is 0.0963. The smallest absolute Gasteiger partial charge is 0.175 e. The summed E-state index contributed by atoms with van der Waals surface area (Å²) in [5.74, 6) is 1.51. The van der Waals surface area contributed by atoms with E-state index in [0.29, 0.717) is 6.61 Å². The quantitative estimate of drug-likeness (QED) is 0.675. The molecule has 0 amide bonds. The van der Waals surface area contributed by atoms with E-state index in [1.807, 2.05) is 32.9 Å². The van der Waals surface area contributed by atoms with Crippen LogP contribution in [0.3, 0.4) is 0 Å². The van der Waals surface area contributed by atoms with Crippen LogP contribution in [0.5, 0.6) is 11.5 Å². The Morgan fingerprint density at radius 1 is 1.35 bits per heavy atom. The van der Waals surface area contributed by atoms with Crippen molar-refractivity contribution in [3.8, 4) is 11.5 Å². The fourth-order valence-electron chi connectivity index (χ4n) is 1.77. The molecule has 5 heteroatoms. The van der Waals surface area contributed by atoms with Crippen molar-refractivity contribution in [2.45, 2.75) is 39.8 Å². The van der Waals surface area contributed by atoms with E-state index in [1.165, 1.54) is 0 Å². The molecule has 0 fully saturated rings. The Bertz CT molecular complexity index is 410.